The first-order chi connectivity index (χ1) is 17.5. The number of benzene rings is 1. The minimum Gasteiger partial charge on any atom is -0.496 e. The van der Waals surface area contributed by atoms with Gasteiger partial charge >= 0.3 is 11.7 Å². The Bertz CT molecular complexity index is 1270. The molecule has 11 nitrogen and oxygen atoms in total. The Morgan fingerprint density at radius 3 is 2.49 bits per heavy atom. The molecule has 2 rings (SSSR count). The summed E-state index contributed by atoms with van der Waals surface area (Å²) in [5.74, 6) is -1.51. The monoisotopic (exact) mass is 520 g/mol. The Kier molecular flexibility index (Phi) is 10.6. The number of halogens is 1. The molecule has 0 spiro atoms. The van der Waals surface area contributed by atoms with Gasteiger partial charge in [0, 0.05) is 37.7 Å². The number of methoxy groups -OCH3 is 1. The third kappa shape index (κ3) is 7.76. The summed E-state index contributed by atoms with van der Waals surface area (Å²) in [5.41, 5.74) is -0.866. The highest BCUT2D eigenvalue weighted by Gasteiger charge is 2.24. The first-order valence-electron chi connectivity index (χ1n) is 11.8. The van der Waals surface area contributed by atoms with Crippen LogP contribution in [0.3, 0.4) is 0 Å². The van der Waals surface area contributed by atoms with Gasteiger partial charge in [-0.25, -0.2) is 9.18 Å². The second kappa shape index (κ2) is 13.4. The summed E-state index contributed by atoms with van der Waals surface area (Å²) in [7, 11) is 1.38. The van der Waals surface area contributed by atoms with E-state index in [1.165, 1.54) is 36.9 Å². The van der Waals surface area contributed by atoms with Gasteiger partial charge in [0.1, 0.15) is 24.3 Å². The molecule has 1 heterocycles. The van der Waals surface area contributed by atoms with Crippen molar-refractivity contribution in [3.05, 3.63) is 62.2 Å². The maximum Gasteiger partial charge on any atom is 0.331 e. The topological polar surface area (TPSA) is 130 Å². The molecular weight excluding hydrogens is 487 g/mol. The van der Waals surface area contributed by atoms with Gasteiger partial charge in [0.05, 0.1) is 24.9 Å². The highest BCUT2D eigenvalue weighted by atomic mass is 19.1. The molecule has 0 aliphatic rings. The number of rotatable bonds is 12. The predicted octanol–water partition coefficient (Wildman–Crippen LogP) is 1.99. The lowest BCUT2D eigenvalue weighted by molar-refractivity contribution is -0.147. The highest BCUT2D eigenvalue weighted by Crippen LogP contribution is 2.29. The Balaban J connectivity index is 2.62. The molecule has 2 aromatic rings. The number of carbonyl (C=O) groups is 2. The third-order valence-electron chi connectivity index (χ3n) is 5.33. The molecule has 1 aromatic heterocycles. The quantitative estimate of drug-likeness (QED) is 0.257. The van der Waals surface area contributed by atoms with E-state index in [0.717, 1.165) is 10.6 Å². The van der Waals surface area contributed by atoms with E-state index < -0.39 is 29.1 Å². The van der Waals surface area contributed by atoms with Gasteiger partial charge in [0.2, 0.25) is 5.91 Å². The van der Waals surface area contributed by atoms with Crippen molar-refractivity contribution in [3.8, 4) is 5.75 Å². The lowest BCUT2D eigenvalue weighted by Crippen LogP contribution is -2.45. The van der Waals surface area contributed by atoms with Crippen LogP contribution in [-0.4, -0.2) is 47.0 Å². The van der Waals surface area contributed by atoms with Crippen LogP contribution in [0.1, 0.15) is 51.8 Å². The van der Waals surface area contributed by atoms with Crippen LogP contribution >= 0.6 is 0 Å². The van der Waals surface area contributed by atoms with Crippen molar-refractivity contribution in [2.45, 2.75) is 53.8 Å². The van der Waals surface area contributed by atoms with Crippen molar-refractivity contribution in [1.82, 2.24) is 14.5 Å². The standard InChI is InChI=1S/C25H33FN4O7/c1-7-36-28-16(4)20-13-29(25(34)30(24(20)33)11-10-27-23(32)15(2)3)14-22(37-17(5)31)19-12-18(26)8-9-21(19)35-6/h8-9,12-13,15,22H,7,10-11,14H2,1-6H3,(H,27,32)/b28-16+. The van der Waals surface area contributed by atoms with Crippen LogP contribution < -0.4 is 21.3 Å². The minimum atomic E-state index is -1.12. The van der Waals surface area contributed by atoms with Crippen LogP contribution in [-0.2, 0) is 32.3 Å². The van der Waals surface area contributed by atoms with E-state index in [0.29, 0.717) is 0 Å². The molecule has 37 heavy (non-hydrogen) atoms. The van der Waals surface area contributed by atoms with Crippen molar-refractivity contribution in [2.24, 2.45) is 11.1 Å². The second-order valence-corrected chi connectivity index (χ2v) is 8.46. The maximum atomic E-state index is 14.1. The zero-order valence-electron chi connectivity index (χ0n) is 21.9. The van der Waals surface area contributed by atoms with Crippen LogP contribution in [0.2, 0.25) is 0 Å². The van der Waals surface area contributed by atoms with E-state index in [2.05, 4.69) is 10.5 Å². The molecule has 0 saturated carbocycles. The van der Waals surface area contributed by atoms with Gasteiger partial charge in [-0.15, -0.1) is 0 Å². The van der Waals surface area contributed by atoms with Gasteiger partial charge in [-0.2, -0.15) is 0 Å². The van der Waals surface area contributed by atoms with Crippen LogP contribution in [0.5, 0.6) is 5.75 Å². The minimum absolute atomic E-state index is 0.0301. The van der Waals surface area contributed by atoms with Crippen molar-refractivity contribution in [3.63, 3.8) is 0 Å². The maximum absolute atomic E-state index is 14.1. The normalized spacial score (nSPS) is 12.3. The fourth-order valence-corrected chi connectivity index (χ4v) is 3.47. The molecule has 1 unspecified atom stereocenters. The summed E-state index contributed by atoms with van der Waals surface area (Å²) in [4.78, 5) is 55.4. The fourth-order valence-electron chi connectivity index (χ4n) is 3.47. The average Bonchev–Trinajstić information content (AvgIpc) is 2.85. The zero-order chi connectivity index (χ0) is 27.7. The van der Waals surface area contributed by atoms with E-state index in [-0.39, 0.29) is 60.7 Å². The molecular formula is C25H33FN4O7. The van der Waals surface area contributed by atoms with E-state index in [1.807, 2.05) is 0 Å². The van der Waals surface area contributed by atoms with Gasteiger partial charge in [0.25, 0.3) is 5.56 Å². The highest BCUT2D eigenvalue weighted by molar-refractivity contribution is 5.97. The Morgan fingerprint density at radius 2 is 1.89 bits per heavy atom. The van der Waals surface area contributed by atoms with Crippen LogP contribution in [0.4, 0.5) is 4.39 Å². The van der Waals surface area contributed by atoms with Crippen LogP contribution in [0.15, 0.2) is 39.1 Å². The molecule has 1 amide bonds. The SMILES string of the molecule is CCO/N=C(\C)c1cn(CC(OC(C)=O)c2cc(F)ccc2OC)c(=O)n(CCNC(=O)C(C)C)c1=O. The first kappa shape index (κ1) is 29.3. The van der Waals surface area contributed by atoms with E-state index >= 15 is 0 Å². The molecule has 0 radical (unpaired) electrons. The Hall–Kier alpha value is -3.96. The van der Waals surface area contributed by atoms with Crippen molar-refractivity contribution < 1.29 is 28.3 Å². The van der Waals surface area contributed by atoms with E-state index in [9.17, 15) is 23.6 Å². The van der Waals surface area contributed by atoms with Crippen molar-refractivity contribution in [2.75, 3.05) is 20.3 Å². The number of oxime groups is 1. The zero-order valence-corrected chi connectivity index (χ0v) is 21.9. The molecule has 0 aliphatic carbocycles. The molecule has 1 N–H and O–H groups in total. The average molecular weight is 521 g/mol. The lowest BCUT2D eigenvalue weighted by Gasteiger charge is -2.22. The van der Waals surface area contributed by atoms with Crippen molar-refractivity contribution >= 4 is 17.6 Å². The summed E-state index contributed by atoms with van der Waals surface area (Å²) in [6.07, 6.45) is 0.165. The smallest absolute Gasteiger partial charge is 0.331 e. The summed E-state index contributed by atoms with van der Waals surface area (Å²) in [6.45, 7) is 7.82. The van der Waals surface area contributed by atoms with Gasteiger partial charge in [-0.3, -0.25) is 23.5 Å². The summed E-state index contributed by atoms with van der Waals surface area (Å²) in [6, 6.07) is 3.72. The number of carbonyl (C=O) groups excluding carboxylic acids is 2. The van der Waals surface area contributed by atoms with Crippen LogP contribution in [0, 0.1) is 11.7 Å². The number of esters is 1. The third-order valence-corrected chi connectivity index (χ3v) is 5.33. The number of nitrogens with zero attached hydrogens (tertiary/aromatic N) is 3. The molecule has 0 fully saturated rings. The fraction of sp³-hybridized carbons (Fsp3) is 0.480. The molecule has 202 valence electrons. The number of nitrogens with one attached hydrogen (secondary N) is 1. The predicted molar refractivity (Wildman–Crippen MR) is 134 cm³/mol. The van der Waals surface area contributed by atoms with Crippen LogP contribution in [0.25, 0.3) is 0 Å². The number of amides is 1. The molecule has 0 aliphatic heterocycles. The Morgan fingerprint density at radius 1 is 1.19 bits per heavy atom. The molecule has 1 aromatic carbocycles. The molecule has 0 bridgehead atoms. The lowest BCUT2D eigenvalue weighted by atomic mass is 10.1. The number of hydrogen-bond acceptors (Lipinski definition) is 8. The molecule has 0 saturated heterocycles. The van der Waals surface area contributed by atoms with Gasteiger partial charge in [-0.05, 0) is 32.0 Å². The van der Waals surface area contributed by atoms with Gasteiger partial charge in [-0.1, -0.05) is 19.0 Å². The van der Waals surface area contributed by atoms with Crippen molar-refractivity contribution in [1.29, 1.82) is 0 Å². The van der Waals surface area contributed by atoms with Gasteiger partial charge in [0.15, 0.2) is 0 Å². The molecule has 1 atom stereocenters. The van der Waals surface area contributed by atoms with E-state index in [4.69, 9.17) is 14.3 Å². The summed E-state index contributed by atoms with van der Waals surface area (Å²) < 4.78 is 26.9. The Labute approximate surface area is 213 Å². The summed E-state index contributed by atoms with van der Waals surface area (Å²) >= 11 is 0. The summed E-state index contributed by atoms with van der Waals surface area (Å²) in [5, 5.41) is 6.58. The number of ether oxygens (including phenoxy) is 2. The molecule has 12 heteroatoms. The number of aromatic nitrogens is 2. The van der Waals surface area contributed by atoms with Gasteiger partial charge < -0.3 is 19.6 Å². The largest absolute Gasteiger partial charge is 0.496 e. The van der Waals surface area contributed by atoms with E-state index in [1.54, 1.807) is 27.7 Å². The number of hydrogen-bond donors (Lipinski definition) is 1. The first-order valence-corrected chi connectivity index (χ1v) is 11.8. The second-order valence-electron chi connectivity index (χ2n) is 8.46.